The number of allylic oxidation sites excluding steroid dienone is 12. The third kappa shape index (κ3) is 20.1. The van der Waals surface area contributed by atoms with Gasteiger partial charge in [-0.2, -0.15) is 0 Å². The number of nitrogens with zero attached hydrogens (tertiary/aromatic N) is 4. The summed E-state index contributed by atoms with van der Waals surface area (Å²) in [5.41, 5.74) is 23.9. The van der Waals surface area contributed by atoms with E-state index in [1.807, 2.05) is 104 Å². The van der Waals surface area contributed by atoms with Crippen LogP contribution in [0.2, 0.25) is 0 Å². The summed E-state index contributed by atoms with van der Waals surface area (Å²) in [6.45, 7) is 22.7. The van der Waals surface area contributed by atoms with Gasteiger partial charge >= 0.3 is 0 Å². The van der Waals surface area contributed by atoms with Gasteiger partial charge < -0.3 is 18.9 Å². The number of benzene rings is 8. The smallest absolute Gasteiger partial charge is 0.124 e. The summed E-state index contributed by atoms with van der Waals surface area (Å²) in [5, 5.41) is 0. The second kappa shape index (κ2) is 36.5. The van der Waals surface area contributed by atoms with Gasteiger partial charge in [0.25, 0.3) is 0 Å². The number of hydrogen-bond donors (Lipinski definition) is 0. The number of aryl methyl sites for hydroxylation is 8. The van der Waals surface area contributed by atoms with Gasteiger partial charge in [0.05, 0.1) is 73.5 Å². The minimum Gasteiger partial charge on any atom is -0.496 e. The second-order valence-electron chi connectivity index (χ2n) is 24.2. The molecule has 98 heavy (non-hydrogen) atoms. The van der Waals surface area contributed by atoms with Gasteiger partial charge in [-0.3, -0.25) is 0 Å². The van der Waals surface area contributed by atoms with Crippen molar-refractivity contribution < 1.29 is 18.9 Å². The highest BCUT2D eigenvalue weighted by Crippen LogP contribution is 2.34. The highest BCUT2D eigenvalue weighted by molar-refractivity contribution is 6.02. The number of aliphatic imine (C=N–C) groups is 4. The first-order chi connectivity index (χ1) is 47.5. The van der Waals surface area contributed by atoms with Crippen LogP contribution in [0.5, 0.6) is 23.0 Å². The van der Waals surface area contributed by atoms with Crippen molar-refractivity contribution in [3.8, 4) is 23.0 Å². The molecule has 8 aromatic carbocycles. The summed E-state index contributed by atoms with van der Waals surface area (Å²) in [7, 11) is 6.85. The van der Waals surface area contributed by atoms with Gasteiger partial charge in [-0.15, -0.1) is 0 Å². The number of hydrogen-bond acceptors (Lipinski definition) is 8. The van der Waals surface area contributed by atoms with Gasteiger partial charge in [0.15, 0.2) is 0 Å². The molecule has 0 spiro atoms. The van der Waals surface area contributed by atoms with Crippen molar-refractivity contribution in [2.75, 3.05) is 28.4 Å². The van der Waals surface area contributed by atoms with Crippen molar-refractivity contribution in [1.29, 1.82) is 0 Å². The fourth-order valence-corrected chi connectivity index (χ4v) is 11.8. The minimum absolute atomic E-state index is 0.516. The Bertz CT molecular complexity index is 4600. The zero-order valence-corrected chi connectivity index (χ0v) is 59.6. The summed E-state index contributed by atoms with van der Waals surface area (Å²) in [4.78, 5) is 20.3. The third-order valence-electron chi connectivity index (χ3n) is 16.2. The first-order valence-electron chi connectivity index (χ1n) is 33.1. The van der Waals surface area contributed by atoms with E-state index in [-0.39, 0.29) is 0 Å². The molecule has 0 N–H and O–H groups in total. The topological polar surface area (TPSA) is 86.4 Å². The average molecular weight is 1290 g/mol. The lowest BCUT2D eigenvalue weighted by Crippen LogP contribution is -1.96. The van der Waals surface area contributed by atoms with E-state index < -0.39 is 0 Å². The number of rotatable bonds is 26. The van der Waals surface area contributed by atoms with E-state index in [1.54, 1.807) is 28.4 Å². The molecule has 0 saturated carbocycles. The fourth-order valence-electron chi connectivity index (χ4n) is 11.8. The lowest BCUT2D eigenvalue weighted by atomic mass is 9.95. The molecule has 8 heteroatoms. The van der Waals surface area contributed by atoms with Gasteiger partial charge in [0.1, 0.15) is 23.0 Å². The van der Waals surface area contributed by atoms with E-state index >= 15 is 0 Å². The van der Waals surface area contributed by atoms with Crippen molar-refractivity contribution in [2.24, 2.45) is 20.0 Å². The number of methoxy groups -OCH3 is 4. The minimum atomic E-state index is 0.516. The standard InChI is InChI=1S/C90H90N4O4/c1-16-79(91-58-83(71-35-21-17-22-36-71)75-50-63(4)87(95-12)64(5)51-75)43-29-30-44-80(92-59-84(72-37-23-18-24-38-72)76-52-65(6)88(96-13)66(7)53-76)45-31-32-46-81(93-60-85(73-39-25-19-26-40-73)77-54-67(8)89(97-14)68(9)55-77)47-33-34-48-82(49-62(2)3)94-61-86(74-41-27-20-28-42-74)78-56-69(10)90(98-15)70(11)57-78/h16-29,31,33,35-57H,30,32,34H2,1-15H3/b43-29-,45-31-,47-33-,79-16+,80-44+,81-46+,82-48+. The normalized spacial score (nSPS) is 11.7. The van der Waals surface area contributed by atoms with Crippen LogP contribution < -0.4 is 18.9 Å². The molecule has 0 saturated heterocycles. The fraction of sp³-hybridized carbons (Fsp3) is 0.200. The van der Waals surface area contributed by atoms with Crippen molar-refractivity contribution in [1.82, 2.24) is 0 Å². The highest BCUT2D eigenvalue weighted by atomic mass is 16.5. The van der Waals surface area contributed by atoms with Crippen LogP contribution in [0.4, 0.5) is 0 Å². The predicted molar refractivity (Wildman–Crippen MR) is 414 cm³/mol. The molecule has 0 aliphatic rings. The zero-order chi connectivity index (χ0) is 69.9. The van der Waals surface area contributed by atoms with Crippen molar-refractivity contribution in [3.05, 3.63) is 354 Å². The zero-order valence-electron chi connectivity index (χ0n) is 59.6. The molecule has 0 atom stereocenters. The van der Waals surface area contributed by atoms with E-state index in [2.05, 4.69) is 232 Å². The molecule has 8 nitrogen and oxygen atoms in total. The molecule has 0 bridgehead atoms. The summed E-state index contributed by atoms with van der Waals surface area (Å²) in [5.74, 6) is 17.4. The Balaban J connectivity index is 1.23. The maximum atomic E-state index is 5.80. The van der Waals surface area contributed by atoms with E-state index in [4.69, 9.17) is 38.9 Å². The van der Waals surface area contributed by atoms with Crippen molar-refractivity contribution in [3.63, 3.8) is 0 Å². The average Bonchev–Trinajstić information content (AvgIpc) is 0.836. The van der Waals surface area contributed by atoms with Crippen LogP contribution in [0.3, 0.4) is 0 Å². The molecule has 0 aromatic heterocycles. The maximum Gasteiger partial charge on any atom is 0.124 e. The molecule has 0 aliphatic carbocycles. The molecular weight excluding hydrogens is 1200 g/mol. The SMILES string of the molecule is C/C=C(\C=C/C/C=C(\C=C/C/C=C(\C=C/C/C=C(\C=C(C)C)N=C=C(c1ccccc1)c1cc(C)c(OC)c(C)c1)N=C=C(c1ccccc1)c1cc(C)c(OC)c(C)c1)N=C=C(c1ccccc1)c1cc(C)c(OC)c(C)c1)N=C=C(c1ccccc1)c1cc(C)c(OC)c(C)c1. The Hall–Kier alpha value is -11.3. The largest absolute Gasteiger partial charge is 0.496 e. The molecule has 0 amide bonds. The lowest BCUT2D eigenvalue weighted by molar-refractivity contribution is 0.408. The van der Waals surface area contributed by atoms with Gasteiger partial charge in [-0.25, -0.2) is 20.0 Å². The van der Waals surface area contributed by atoms with E-state index in [1.165, 1.54) is 0 Å². The Kier molecular flexibility index (Phi) is 27.0. The van der Waals surface area contributed by atoms with E-state index in [9.17, 15) is 0 Å². The Labute approximate surface area is 582 Å². The monoisotopic (exact) mass is 1290 g/mol. The second-order valence-corrected chi connectivity index (χ2v) is 24.2. The Morgan fingerprint density at radius 2 is 0.541 bits per heavy atom. The molecule has 8 rings (SSSR count). The quantitative estimate of drug-likeness (QED) is 0.0399. The summed E-state index contributed by atoms with van der Waals surface area (Å²) in [6.07, 6.45) is 24.5. The molecule has 494 valence electrons. The van der Waals surface area contributed by atoms with E-state index in [0.717, 1.165) is 163 Å². The molecule has 8 aromatic rings. The molecule has 0 fully saturated rings. The van der Waals surface area contributed by atoms with Crippen LogP contribution >= 0.6 is 0 Å². The predicted octanol–water partition coefficient (Wildman–Crippen LogP) is 22.1. The van der Waals surface area contributed by atoms with Crippen molar-refractivity contribution >= 4 is 45.8 Å². The van der Waals surface area contributed by atoms with Crippen LogP contribution in [0.25, 0.3) is 22.3 Å². The van der Waals surface area contributed by atoms with Crippen LogP contribution in [0.15, 0.2) is 285 Å². The third-order valence-corrected chi connectivity index (χ3v) is 16.2. The van der Waals surface area contributed by atoms with Crippen LogP contribution in [0.1, 0.15) is 129 Å². The lowest BCUT2D eigenvalue weighted by Gasteiger charge is -2.12. The summed E-state index contributed by atoms with van der Waals surface area (Å²) < 4.78 is 23.1. The molecule has 0 unspecified atom stereocenters. The van der Waals surface area contributed by atoms with Gasteiger partial charge in [-0.05, 0) is 281 Å². The first kappa shape index (κ1) is 72.5. The van der Waals surface area contributed by atoms with Crippen LogP contribution in [-0.4, -0.2) is 51.9 Å². The van der Waals surface area contributed by atoms with Gasteiger partial charge in [0, 0.05) is 0 Å². The highest BCUT2D eigenvalue weighted by Gasteiger charge is 2.16. The molecule has 0 aliphatic heterocycles. The summed E-state index contributed by atoms with van der Waals surface area (Å²) in [6, 6.07) is 58.2. The van der Waals surface area contributed by atoms with Crippen LogP contribution in [-0.2, 0) is 0 Å². The van der Waals surface area contributed by atoms with Gasteiger partial charge in [0.2, 0.25) is 0 Å². The number of ether oxygens (including phenoxy) is 4. The van der Waals surface area contributed by atoms with E-state index in [0.29, 0.717) is 19.3 Å². The Morgan fingerprint density at radius 3 is 0.776 bits per heavy atom. The van der Waals surface area contributed by atoms with Crippen LogP contribution in [0, 0.1) is 55.4 Å². The first-order valence-corrected chi connectivity index (χ1v) is 33.1. The maximum absolute atomic E-state index is 5.80. The molecule has 0 heterocycles. The van der Waals surface area contributed by atoms with Gasteiger partial charge in [-0.1, -0.05) is 169 Å². The Morgan fingerprint density at radius 1 is 0.316 bits per heavy atom. The summed E-state index contributed by atoms with van der Waals surface area (Å²) >= 11 is 0. The molecular formula is C90H90N4O4. The molecule has 0 radical (unpaired) electrons. The van der Waals surface area contributed by atoms with Crippen molar-refractivity contribution in [2.45, 2.75) is 95.4 Å².